The minimum atomic E-state index is 0.375. The molecule has 3 rings (SSSR count). The Balaban J connectivity index is 2.06. The number of rotatable bonds is 3. The number of pyridine rings is 1. The van der Waals surface area contributed by atoms with Crippen molar-refractivity contribution in [2.75, 3.05) is 0 Å². The maximum atomic E-state index is 9.96. The van der Waals surface area contributed by atoms with Crippen LogP contribution < -0.4 is 0 Å². The summed E-state index contributed by atoms with van der Waals surface area (Å²) in [6, 6.07) is 6.05. The highest BCUT2D eigenvalue weighted by atomic mass is 16.3. The number of aromatic amines is 1. The van der Waals surface area contributed by atoms with Crippen LogP contribution in [0.2, 0.25) is 0 Å². The molecule has 3 heteroatoms. The average Bonchev–Trinajstić information content (AvgIpc) is 2.92. The molecule has 2 N–H and O–H groups in total. The number of H-pyrrole nitrogens is 1. The predicted molar refractivity (Wildman–Crippen MR) is 95.3 cm³/mol. The number of phenols is 1. The standard InChI is InChI=1S/C20H24N2O/c1-11(2)17-10-21-18-7-6-15(22-20(17)18)9-16-12(3)8-19(23)14(5)13(16)4/h6-8,10-11,21,23H,9H2,1-5H3. The molecule has 0 amide bonds. The first-order chi connectivity index (χ1) is 10.9. The van der Waals surface area contributed by atoms with Crippen molar-refractivity contribution in [3.63, 3.8) is 0 Å². The lowest BCUT2D eigenvalue weighted by Gasteiger charge is -2.14. The normalized spacial score (nSPS) is 11.6. The summed E-state index contributed by atoms with van der Waals surface area (Å²) in [4.78, 5) is 8.20. The largest absolute Gasteiger partial charge is 0.508 e. The summed E-state index contributed by atoms with van der Waals surface area (Å²) in [7, 11) is 0. The van der Waals surface area contributed by atoms with Gasteiger partial charge in [-0.05, 0) is 72.7 Å². The van der Waals surface area contributed by atoms with Crippen molar-refractivity contribution in [2.45, 2.75) is 47.0 Å². The van der Waals surface area contributed by atoms with Gasteiger partial charge in [0, 0.05) is 18.3 Å². The summed E-state index contributed by atoms with van der Waals surface area (Å²) in [5.74, 6) is 0.825. The smallest absolute Gasteiger partial charge is 0.119 e. The molecule has 23 heavy (non-hydrogen) atoms. The van der Waals surface area contributed by atoms with Gasteiger partial charge >= 0.3 is 0 Å². The van der Waals surface area contributed by atoms with E-state index in [4.69, 9.17) is 4.98 Å². The van der Waals surface area contributed by atoms with Crippen molar-refractivity contribution >= 4 is 11.0 Å². The van der Waals surface area contributed by atoms with Crippen molar-refractivity contribution in [1.82, 2.24) is 9.97 Å². The third-order valence-electron chi connectivity index (χ3n) is 4.82. The Morgan fingerprint density at radius 3 is 2.57 bits per heavy atom. The molecule has 3 nitrogen and oxygen atoms in total. The lowest BCUT2D eigenvalue weighted by atomic mass is 9.94. The monoisotopic (exact) mass is 308 g/mol. The summed E-state index contributed by atoms with van der Waals surface area (Å²) in [5, 5.41) is 9.96. The van der Waals surface area contributed by atoms with E-state index in [1.165, 1.54) is 11.1 Å². The van der Waals surface area contributed by atoms with E-state index in [0.29, 0.717) is 11.7 Å². The topological polar surface area (TPSA) is 48.9 Å². The van der Waals surface area contributed by atoms with Gasteiger partial charge in [0.2, 0.25) is 0 Å². The summed E-state index contributed by atoms with van der Waals surface area (Å²) in [6.07, 6.45) is 2.85. The molecule has 0 radical (unpaired) electrons. The molecule has 2 aromatic heterocycles. The molecule has 0 aliphatic rings. The van der Waals surface area contributed by atoms with Crippen LogP contribution in [0, 0.1) is 20.8 Å². The minimum Gasteiger partial charge on any atom is -0.508 e. The molecule has 0 saturated heterocycles. The van der Waals surface area contributed by atoms with Gasteiger partial charge < -0.3 is 10.1 Å². The zero-order chi connectivity index (χ0) is 16.7. The number of aromatic hydroxyl groups is 1. The van der Waals surface area contributed by atoms with Crippen molar-refractivity contribution in [3.8, 4) is 5.75 Å². The van der Waals surface area contributed by atoms with E-state index in [1.807, 2.05) is 13.0 Å². The number of benzene rings is 1. The quantitative estimate of drug-likeness (QED) is 0.722. The zero-order valence-corrected chi connectivity index (χ0v) is 14.5. The van der Waals surface area contributed by atoms with Gasteiger partial charge in [-0.25, -0.2) is 0 Å². The van der Waals surface area contributed by atoms with Crippen LogP contribution in [0.5, 0.6) is 5.75 Å². The maximum absolute atomic E-state index is 9.96. The molecule has 2 heterocycles. The second-order valence-corrected chi connectivity index (χ2v) is 6.72. The second kappa shape index (κ2) is 5.73. The first kappa shape index (κ1) is 15.6. The highest BCUT2D eigenvalue weighted by Crippen LogP contribution is 2.29. The fourth-order valence-electron chi connectivity index (χ4n) is 3.17. The van der Waals surface area contributed by atoms with Crippen LogP contribution in [0.1, 0.15) is 53.3 Å². The van der Waals surface area contributed by atoms with Gasteiger partial charge in [-0.1, -0.05) is 13.8 Å². The van der Waals surface area contributed by atoms with Crippen molar-refractivity contribution in [3.05, 3.63) is 57.9 Å². The van der Waals surface area contributed by atoms with Crippen molar-refractivity contribution in [2.24, 2.45) is 0 Å². The van der Waals surface area contributed by atoms with Crippen LogP contribution in [0.3, 0.4) is 0 Å². The third kappa shape index (κ3) is 2.72. The van der Waals surface area contributed by atoms with Gasteiger partial charge in [0.1, 0.15) is 5.75 Å². The minimum absolute atomic E-state index is 0.375. The van der Waals surface area contributed by atoms with Crippen LogP contribution in [0.15, 0.2) is 24.4 Å². The van der Waals surface area contributed by atoms with E-state index in [0.717, 1.165) is 39.8 Å². The number of phenolic OH excluding ortho intramolecular Hbond substituents is 1. The number of nitrogens with zero attached hydrogens (tertiary/aromatic N) is 1. The van der Waals surface area contributed by atoms with Gasteiger partial charge in [0.25, 0.3) is 0 Å². The molecular weight excluding hydrogens is 284 g/mol. The van der Waals surface area contributed by atoms with E-state index in [1.54, 1.807) is 0 Å². The Morgan fingerprint density at radius 1 is 1.13 bits per heavy atom. The Morgan fingerprint density at radius 2 is 1.87 bits per heavy atom. The van der Waals surface area contributed by atoms with Gasteiger partial charge in [-0.15, -0.1) is 0 Å². The van der Waals surface area contributed by atoms with E-state index >= 15 is 0 Å². The highest BCUT2D eigenvalue weighted by molar-refractivity contribution is 5.79. The molecular formula is C20H24N2O. The number of aromatic nitrogens is 2. The highest BCUT2D eigenvalue weighted by Gasteiger charge is 2.13. The average molecular weight is 308 g/mol. The van der Waals surface area contributed by atoms with E-state index in [2.05, 4.69) is 51.0 Å². The van der Waals surface area contributed by atoms with Gasteiger partial charge in [0.15, 0.2) is 0 Å². The molecule has 0 saturated carbocycles. The number of fused-ring (bicyclic) bond motifs is 1. The van der Waals surface area contributed by atoms with Crippen molar-refractivity contribution < 1.29 is 5.11 Å². The molecule has 120 valence electrons. The maximum Gasteiger partial charge on any atom is 0.119 e. The molecule has 0 fully saturated rings. The fraction of sp³-hybridized carbons (Fsp3) is 0.350. The van der Waals surface area contributed by atoms with E-state index in [9.17, 15) is 5.11 Å². The SMILES string of the molecule is Cc1cc(O)c(C)c(C)c1Cc1ccc2[nH]cc(C(C)C)c2n1. The van der Waals surface area contributed by atoms with Crippen LogP contribution in [-0.4, -0.2) is 15.1 Å². The van der Waals surface area contributed by atoms with E-state index < -0.39 is 0 Å². The summed E-state index contributed by atoms with van der Waals surface area (Å²) < 4.78 is 0. The Hall–Kier alpha value is -2.29. The molecule has 0 aliphatic heterocycles. The molecule has 3 aromatic rings. The number of aryl methyl sites for hydroxylation is 1. The molecule has 0 unspecified atom stereocenters. The number of hydrogen-bond acceptors (Lipinski definition) is 2. The first-order valence-electron chi connectivity index (χ1n) is 8.14. The molecule has 0 spiro atoms. The summed E-state index contributed by atoms with van der Waals surface area (Å²) in [6.45, 7) is 10.5. The molecule has 0 bridgehead atoms. The van der Waals surface area contributed by atoms with Gasteiger partial charge in [-0.2, -0.15) is 0 Å². The van der Waals surface area contributed by atoms with Crippen LogP contribution >= 0.6 is 0 Å². The molecule has 0 aliphatic carbocycles. The van der Waals surface area contributed by atoms with Crippen LogP contribution in [0.25, 0.3) is 11.0 Å². The molecule has 0 atom stereocenters. The zero-order valence-electron chi connectivity index (χ0n) is 14.5. The lowest BCUT2D eigenvalue weighted by Crippen LogP contribution is -2.00. The number of hydrogen-bond donors (Lipinski definition) is 2. The van der Waals surface area contributed by atoms with Crippen molar-refractivity contribution in [1.29, 1.82) is 0 Å². The van der Waals surface area contributed by atoms with Crippen LogP contribution in [0.4, 0.5) is 0 Å². The van der Waals surface area contributed by atoms with Gasteiger partial charge in [0.05, 0.1) is 11.0 Å². The summed E-state index contributed by atoms with van der Waals surface area (Å²) in [5.41, 5.74) is 8.97. The fourth-order valence-corrected chi connectivity index (χ4v) is 3.17. The first-order valence-corrected chi connectivity index (χ1v) is 8.14. The summed E-state index contributed by atoms with van der Waals surface area (Å²) >= 11 is 0. The Bertz CT molecular complexity index is 875. The molecule has 1 aromatic carbocycles. The third-order valence-corrected chi connectivity index (χ3v) is 4.82. The lowest BCUT2D eigenvalue weighted by molar-refractivity contribution is 0.469. The van der Waals surface area contributed by atoms with Gasteiger partial charge in [-0.3, -0.25) is 4.98 Å². The van der Waals surface area contributed by atoms with Crippen LogP contribution in [-0.2, 0) is 6.42 Å². The second-order valence-electron chi connectivity index (χ2n) is 6.72. The Kier molecular flexibility index (Phi) is 3.88. The number of nitrogens with one attached hydrogen (secondary N) is 1. The van der Waals surface area contributed by atoms with E-state index in [-0.39, 0.29) is 0 Å². The predicted octanol–water partition coefficient (Wildman–Crippen LogP) is 4.91. The Labute approximate surface area is 137 Å².